The van der Waals surface area contributed by atoms with Crippen LogP contribution in [-0.4, -0.2) is 39.5 Å². The smallest absolute Gasteiger partial charge is 0.341 e. The molecule has 0 spiro atoms. The van der Waals surface area contributed by atoms with E-state index in [-0.39, 0.29) is 23.7 Å². The van der Waals surface area contributed by atoms with E-state index in [1.807, 2.05) is 6.92 Å². The summed E-state index contributed by atoms with van der Waals surface area (Å²) in [6.07, 6.45) is 0. The van der Waals surface area contributed by atoms with E-state index in [1.54, 1.807) is 26.0 Å². The summed E-state index contributed by atoms with van der Waals surface area (Å²) < 4.78 is 17.3. The molecule has 0 saturated heterocycles. The number of esters is 1. The maximum absolute atomic E-state index is 12.3. The van der Waals surface area contributed by atoms with E-state index < -0.39 is 28.6 Å². The first-order valence-corrected chi connectivity index (χ1v) is 10.8. The van der Waals surface area contributed by atoms with Gasteiger partial charge in [-0.05, 0) is 44.0 Å². The number of carbonyl (C=O) groups is 3. The molecule has 1 aromatic carbocycles. The monoisotopic (exact) mass is 423 g/mol. The Labute approximate surface area is 169 Å². The van der Waals surface area contributed by atoms with Crippen LogP contribution in [0.3, 0.4) is 0 Å². The third-order valence-electron chi connectivity index (χ3n) is 3.94. The molecule has 1 aromatic heterocycles. The highest BCUT2D eigenvalue weighted by molar-refractivity contribution is 7.85. The zero-order valence-electron chi connectivity index (χ0n) is 15.7. The summed E-state index contributed by atoms with van der Waals surface area (Å²) in [7, 11) is -1.48. The second kappa shape index (κ2) is 9.61. The molecule has 0 bridgehead atoms. The summed E-state index contributed by atoms with van der Waals surface area (Å²) in [6, 6.07) is 6.00. The van der Waals surface area contributed by atoms with E-state index in [2.05, 4.69) is 5.32 Å². The first-order chi connectivity index (χ1) is 13.2. The van der Waals surface area contributed by atoms with Crippen LogP contribution in [0.1, 0.15) is 43.6 Å². The molecule has 9 heteroatoms. The molecule has 0 saturated carbocycles. The van der Waals surface area contributed by atoms with Crippen molar-refractivity contribution in [3.63, 3.8) is 0 Å². The van der Waals surface area contributed by atoms with Gasteiger partial charge in [0.05, 0.1) is 17.7 Å². The summed E-state index contributed by atoms with van der Waals surface area (Å²) in [5.41, 5.74) is 1.89. The first-order valence-electron chi connectivity index (χ1n) is 8.47. The molecule has 1 unspecified atom stereocenters. The number of thiophene rings is 1. The number of aromatic carboxylic acids is 1. The highest BCUT2D eigenvalue weighted by atomic mass is 32.2. The largest absolute Gasteiger partial charge is 0.478 e. The van der Waals surface area contributed by atoms with E-state index in [0.29, 0.717) is 16.1 Å². The first kappa shape index (κ1) is 21.8. The number of amides is 1. The molecule has 1 amide bonds. The lowest BCUT2D eigenvalue weighted by Gasteiger charge is -2.07. The number of carboxylic acid groups (broad SMARTS) is 1. The predicted octanol–water partition coefficient (Wildman–Crippen LogP) is 3.13. The third kappa shape index (κ3) is 5.49. The number of ether oxygens (including phenoxy) is 1. The van der Waals surface area contributed by atoms with Gasteiger partial charge in [0.25, 0.3) is 0 Å². The van der Waals surface area contributed by atoms with E-state index in [0.717, 1.165) is 10.4 Å². The quantitative estimate of drug-likeness (QED) is 0.631. The average Bonchev–Trinajstić information content (AvgIpc) is 2.89. The lowest BCUT2D eigenvalue weighted by atomic mass is 10.1. The summed E-state index contributed by atoms with van der Waals surface area (Å²) in [4.78, 5) is 36.2. The van der Waals surface area contributed by atoms with Gasteiger partial charge in [-0.3, -0.25) is 9.00 Å². The fourth-order valence-electron chi connectivity index (χ4n) is 2.45. The number of hydrogen-bond donors (Lipinski definition) is 2. The predicted molar refractivity (Wildman–Crippen MR) is 108 cm³/mol. The van der Waals surface area contributed by atoms with Crippen molar-refractivity contribution >= 4 is 45.0 Å². The number of carbonyl (C=O) groups excluding carboxylic acids is 2. The van der Waals surface area contributed by atoms with Crippen LogP contribution in [0.2, 0.25) is 0 Å². The van der Waals surface area contributed by atoms with Crippen LogP contribution in [0.15, 0.2) is 24.3 Å². The lowest BCUT2D eigenvalue weighted by Crippen LogP contribution is -2.21. The number of hydrogen-bond acceptors (Lipinski definition) is 6. The lowest BCUT2D eigenvalue weighted by molar-refractivity contribution is -0.113. The second-order valence-corrected chi connectivity index (χ2v) is 8.67. The molecule has 0 aliphatic heterocycles. The Hall–Kier alpha value is -2.52. The van der Waals surface area contributed by atoms with Crippen molar-refractivity contribution in [2.75, 3.05) is 17.7 Å². The van der Waals surface area contributed by atoms with Crippen molar-refractivity contribution < 1.29 is 28.4 Å². The van der Waals surface area contributed by atoms with Crippen LogP contribution in [-0.2, 0) is 26.1 Å². The Morgan fingerprint density at radius 1 is 1.18 bits per heavy atom. The molecule has 2 aromatic rings. The molecule has 1 heterocycles. The summed E-state index contributed by atoms with van der Waals surface area (Å²) in [6.45, 7) is 5.56. The van der Waals surface area contributed by atoms with Gasteiger partial charge in [-0.1, -0.05) is 12.1 Å². The molecule has 0 aliphatic carbocycles. The van der Waals surface area contributed by atoms with Gasteiger partial charge in [0, 0.05) is 21.4 Å². The summed E-state index contributed by atoms with van der Waals surface area (Å²) >= 11 is 1.27. The van der Waals surface area contributed by atoms with E-state index in [1.165, 1.54) is 23.5 Å². The Morgan fingerprint density at radius 3 is 2.39 bits per heavy atom. The molecular formula is C19H21NO6S2. The van der Waals surface area contributed by atoms with Crippen LogP contribution < -0.4 is 5.32 Å². The number of carboxylic acids is 1. The maximum atomic E-state index is 12.3. The van der Waals surface area contributed by atoms with Gasteiger partial charge in [-0.2, -0.15) is 0 Å². The van der Waals surface area contributed by atoms with E-state index in [9.17, 15) is 18.6 Å². The van der Waals surface area contributed by atoms with Crippen molar-refractivity contribution in [2.24, 2.45) is 0 Å². The molecule has 0 fully saturated rings. The van der Waals surface area contributed by atoms with Crippen molar-refractivity contribution in [1.29, 1.82) is 0 Å². The summed E-state index contributed by atoms with van der Waals surface area (Å²) in [5, 5.41) is 11.9. The number of rotatable bonds is 8. The topological polar surface area (TPSA) is 110 Å². The average molecular weight is 424 g/mol. The van der Waals surface area contributed by atoms with Crippen LogP contribution >= 0.6 is 11.3 Å². The van der Waals surface area contributed by atoms with Crippen LogP contribution in [0.5, 0.6) is 0 Å². The van der Waals surface area contributed by atoms with Crippen molar-refractivity contribution in [1.82, 2.24) is 0 Å². The van der Waals surface area contributed by atoms with Crippen molar-refractivity contribution in [3.05, 3.63) is 51.4 Å². The van der Waals surface area contributed by atoms with Crippen molar-refractivity contribution in [2.45, 2.75) is 26.5 Å². The van der Waals surface area contributed by atoms with Gasteiger partial charge in [0.15, 0.2) is 0 Å². The molecule has 2 rings (SSSR count). The molecule has 1 atom stereocenters. The zero-order valence-corrected chi connectivity index (χ0v) is 17.4. The number of aryl methyl sites for hydroxylation is 1. The molecule has 28 heavy (non-hydrogen) atoms. The Morgan fingerprint density at radius 2 is 1.82 bits per heavy atom. The highest BCUT2D eigenvalue weighted by Crippen LogP contribution is 2.33. The highest BCUT2D eigenvalue weighted by Gasteiger charge is 2.22. The maximum Gasteiger partial charge on any atom is 0.341 e. The second-order valence-electron chi connectivity index (χ2n) is 5.99. The number of nitrogens with one attached hydrogen (secondary N) is 1. The van der Waals surface area contributed by atoms with E-state index >= 15 is 0 Å². The number of anilines is 1. The van der Waals surface area contributed by atoms with Gasteiger partial charge in [0.1, 0.15) is 10.8 Å². The molecule has 150 valence electrons. The summed E-state index contributed by atoms with van der Waals surface area (Å²) in [5.74, 6) is -2.11. The normalized spacial score (nSPS) is 11.7. The SMILES string of the molecule is CCOC(=O)c1c(NC(=O)CS(=O)Cc2ccc(C(=O)O)cc2)sc(C)c1C. The molecular weight excluding hydrogens is 402 g/mol. The Balaban J connectivity index is 2.02. The minimum Gasteiger partial charge on any atom is -0.478 e. The Bertz CT molecular complexity index is 917. The van der Waals surface area contributed by atoms with Gasteiger partial charge in [-0.15, -0.1) is 11.3 Å². The molecule has 0 radical (unpaired) electrons. The van der Waals surface area contributed by atoms with Gasteiger partial charge in [0.2, 0.25) is 5.91 Å². The molecule has 0 aliphatic rings. The van der Waals surface area contributed by atoms with Gasteiger partial charge in [-0.25, -0.2) is 9.59 Å². The zero-order chi connectivity index (χ0) is 20.8. The van der Waals surface area contributed by atoms with Crippen LogP contribution in [0.25, 0.3) is 0 Å². The standard InChI is InChI=1S/C19H21NO6S2/c1-4-26-19(24)16-11(2)12(3)27-17(16)20-15(21)10-28(25)9-13-5-7-14(8-6-13)18(22)23/h5-8H,4,9-10H2,1-3H3,(H,20,21)(H,22,23). The van der Waals surface area contributed by atoms with Crippen LogP contribution in [0.4, 0.5) is 5.00 Å². The number of benzene rings is 1. The van der Waals surface area contributed by atoms with Crippen molar-refractivity contribution in [3.8, 4) is 0 Å². The fraction of sp³-hybridized carbons (Fsp3) is 0.316. The fourth-order valence-corrected chi connectivity index (χ4v) is 4.55. The molecule has 2 N–H and O–H groups in total. The van der Waals surface area contributed by atoms with Crippen LogP contribution in [0, 0.1) is 13.8 Å². The van der Waals surface area contributed by atoms with Gasteiger partial charge < -0.3 is 15.2 Å². The minimum atomic E-state index is -1.48. The molecule has 7 nitrogen and oxygen atoms in total. The minimum absolute atomic E-state index is 0.126. The third-order valence-corrected chi connectivity index (χ3v) is 6.30. The van der Waals surface area contributed by atoms with Gasteiger partial charge >= 0.3 is 11.9 Å². The Kier molecular flexibility index (Phi) is 7.47. The van der Waals surface area contributed by atoms with E-state index in [4.69, 9.17) is 9.84 Å².